The third-order valence-electron chi connectivity index (χ3n) is 3.15. The third-order valence-corrected chi connectivity index (χ3v) is 4.51. The number of halogens is 1. The molecule has 0 bridgehead atoms. The van der Waals surface area contributed by atoms with Crippen LogP contribution in [0.1, 0.15) is 5.76 Å². The highest BCUT2D eigenvalue weighted by Crippen LogP contribution is 2.21. The summed E-state index contributed by atoms with van der Waals surface area (Å²) in [4.78, 5) is 17.5. The summed E-state index contributed by atoms with van der Waals surface area (Å²) in [5.74, 6) is 0.800. The van der Waals surface area contributed by atoms with Crippen molar-refractivity contribution in [1.29, 1.82) is 0 Å². The van der Waals surface area contributed by atoms with Crippen molar-refractivity contribution in [3.63, 3.8) is 0 Å². The summed E-state index contributed by atoms with van der Waals surface area (Å²) in [6.45, 7) is 0.507. The first-order chi connectivity index (χ1) is 10.7. The minimum Gasteiger partial charge on any atom is -0.467 e. The van der Waals surface area contributed by atoms with Gasteiger partial charge in [0.05, 0.1) is 23.7 Å². The second-order valence-electron chi connectivity index (χ2n) is 4.61. The first kappa shape index (κ1) is 13.5. The first-order valence-electron chi connectivity index (χ1n) is 6.46. The van der Waals surface area contributed by atoms with E-state index in [1.807, 2.05) is 24.3 Å². The normalized spacial score (nSPS) is 11.3. The highest BCUT2D eigenvalue weighted by atomic mass is 79.9. The number of hydrogen-bond acceptors (Lipinski definition) is 6. The highest BCUT2D eigenvalue weighted by Gasteiger charge is 2.11. The smallest absolute Gasteiger partial charge is 0.283 e. The molecule has 0 atom stereocenters. The van der Waals surface area contributed by atoms with E-state index in [0.29, 0.717) is 27.5 Å². The molecule has 1 N–H and O–H groups in total. The van der Waals surface area contributed by atoms with Crippen LogP contribution in [0.5, 0.6) is 0 Å². The number of benzene rings is 1. The minimum absolute atomic E-state index is 0.177. The topological polar surface area (TPSA) is 72.4 Å². The molecule has 0 aliphatic carbocycles. The van der Waals surface area contributed by atoms with Crippen LogP contribution in [0.4, 0.5) is 5.13 Å². The van der Waals surface area contributed by atoms with Crippen LogP contribution < -0.4 is 10.9 Å². The van der Waals surface area contributed by atoms with E-state index in [0.717, 1.165) is 10.2 Å². The monoisotopic (exact) mass is 376 g/mol. The molecular weight excluding hydrogens is 368 g/mol. The number of fused-ring (bicyclic) bond motifs is 2. The van der Waals surface area contributed by atoms with Gasteiger partial charge in [0.1, 0.15) is 5.76 Å². The molecule has 3 aromatic heterocycles. The van der Waals surface area contributed by atoms with Gasteiger partial charge < -0.3 is 9.73 Å². The van der Waals surface area contributed by atoms with E-state index in [1.54, 1.807) is 12.3 Å². The van der Waals surface area contributed by atoms with E-state index in [-0.39, 0.29) is 5.56 Å². The third kappa shape index (κ3) is 2.30. The fourth-order valence-corrected chi connectivity index (χ4v) is 3.28. The number of furan rings is 1. The Kier molecular flexibility index (Phi) is 3.20. The molecule has 0 unspecified atom stereocenters. The Morgan fingerprint density at radius 1 is 1.36 bits per heavy atom. The van der Waals surface area contributed by atoms with E-state index in [9.17, 15) is 4.79 Å². The standard InChI is InChI=1S/C14H9BrN4O2S/c15-8-3-4-11-10(6-8)12(20)19-14(17-11)22-13(18-19)16-7-9-2-1-5-21-9/h1-6H,7H2,(H,16,18). The molecule has 1 aromatic carbocycles. The summed E-state index contributed by atoms with van der Waals surface area (Å²) >= 11 is 4.69. The van der Waals surface area contributed by atoms with Crippen molar-refractivity contribution >= 4 is 48.3 Å². The summed E-state index contributed by atoms with van der Waals surface area (Å²) in [6.07, 6.45) is 1.62. The van der Waals surface area contributed by atoms with E-state index in [4.69, 9.17) is 4.42 Å². The molecule has 0 amide bonds. The molecule has 4 rings (SSSR count). The second kappa shape index (κ2) is 5.22. The molecule has 3 heterocycles. The fourth-order valence-electron chi connectivity index (χ4n) is 2.13. The first-order valence-corrected chi connectivity index (χ1v) is 8.07. The van der Waals surface area contributed by atoms with Crippen LogP contribution in [0.15, 0.2) is 50.3 Å². The van der Waals surface area contributed by atoms with Crippen molar-refractivity contribution in [2.75, 3.05) is 5.32 Å². The predicted octanol–water partition coefficient (Wildman–Crippen LogP) is 3.27. The van der Waals surface area contributed by atoms with Crippen LogP contribution in [0.25, 0.3) is 15.9 Å². The molecule has 0 fully saturated rings. The molecule has 0 aliphatic rings. The lowest BCUT2D eigenvalue weighted by Crippen LogP contribution is -2.15. The average molecular weight is 377 g/mol. The zero-order valence-corrected chi connectivity index (χ0v) is 13.5. The molecule has 22 heavy (non-hydrogen) atoms. The number of nitrogens with zero attached hydrogens (tertiary/aromatic N) is 3. The zero-order chi connectivity index (χ0) is 15.1. The number of aromatic nitrogens is 3. The van der Waals surface area contributed by atoms with Crippen molar-refractivity contribution in [3.05, 3.63) is 57.2 Å². The summed E-state index contributed by atoms with van der Waals surface area (Å²) in [6, 6.07) is 9.13. The van der Waals surface area contributed by atoms with Gasteiger partial charge in [-0.1, -0.05) is 27.3 Å². The Bertz CT molecular complexity index is 1020. The van der Waals surface area contributed by atoms with Crippen LogP contribution in [0.2, 0.25) is 0 Å². The summed E-state index contributed by atoms with van der Waals surface area (Å²) < 4.78 is 7.42. The van der Waals surface area contributed by atoms with Gasteiger partial charge in [-0.2, -0.15) is 4.52 Å². The fraction of sp³-hybridized carbons (Fsp3) is 0.0714. The molecule has 0 aliphatic heterocycles. The van der Waals surface area contributed by atoms with Gasteiger partial charge >= 0.3 is 0 Å². The van der Waals surface area contributed by atoms with Gasteiger partial charge in [-0.15, -0.1) is 5.10 Å². The Hall–Kier alpha value is -2.19. The van der Waals surface area contributed by atoms with Gasteiger partial charge in [-0.25, -0.2) is 4.98 Å². The van der Waals surface area contributed by atoms with Crippen molar-refractivity contribution in [2.45, 2.75) is 6.54 Å². The Labute approximate surface area is 136 Å². The zero-order valence-electron chi connectivity index (χ0n) is 11.1. The van der Waals surface area contributed by atoms with Crippen LogP contribution in [0, 0.1) is 0 Å². The Morgan fingerprint density at radius 3 is 3.09 bits per heavy atom. The lowest BCUT2D eigenvalue weighted by Gasteiger charge is -1.97. The number of rotatable bonds is 3. The minimum atomic E-state index is -0.177. The van der Waals surface area contributed by atoms with Crippen molar-refractivity contribution in [3.8, 4) is 0 Å². The molecule has 0 spiro atoms. The largest absolute Gasteiger partial charge is 0.467 e. The molecule has 0 saturated heterocycles. The van der Waals surface area contributed by atoms with Crippen molar-refractivity contribution in [1.82, 2.24) is 14.6 Å². The molecule has 6 nitrogen and oxygen atoms in total. The maximum atomic E-state index is 12.5. The molecular formula is C14H9BrN4O2S. The van der Waals surface area contributed by atoms with Crippen LogP contribution >= 0.6 is 27.3 Å². The van der Waals surface area contributed by atoms with Gasteiger partial charge in [0.2, 0.25) is 10.1 Å². The van der Waals surface area contributed by atoms with E-state index in [1.165, 1.54) is 15.9 Å². The average Bonchev–Trinajstić information content (AvgIpc) is 3.15. The van der Waals surface area contributed by atoms with Gasteiger partial charge in [-0.05, 0) is 30.3 Å². The Morgan fingerprint density at radius 2 is 2.27 bits per heavy atom. The van der Waals surface area contributed by atoms with Gasteiger partial charge in [0.15, 0.2) is 0 Å². The van der Waals surface area contributed by atoms with Gasteiger partial charge in [-0.3, -0.25) is 4.79 Å². The van der Waals surface area contributed by atoms with Crippen LogP contribution in [-0.4, -0.2) is 14.6 Å². The molecule has 4 aromatic rings. The van der Waals surface area contributed by atoms with E-state index >= 15 is 0 Å². The molecule has 8 heteroatoms. The summed E-state index contributed by atoms with van der Waals surface area (Å²) in [7, 11) is 0. The SMILES string of the molecule is O=c1c2cc(Br)ccc2nc2sc(NCc3ccco3)nn12. The number of nitrogens with one attached hydrogen (secondary N) is 1. The van der Waals surface area contributed by atoms with Crippen LogP contribution in [-0.2, 0) is 6.54 Å². The highest BCUT2D eigenvalue weighted by molar-refractivity contribution is 9.10. The second-order valence-corrected chi connectivity index (χ2v) is 6.48. The number of hydrogen-bond donors (Lipinski definition) is 1. The van der Waals surface area contributed by atoms with Gasteiger partial charge in [0, 0.05) is 4.47 Å². The summed E-state index contributed by atoms with van der Waals surface area (Å²) in [5.41, 5.74) is 0.484. The van der Waals surface area contributed by atoms with Gasteiger partial charge in [0.25, 0.3) is 5.56 Å². The summed E-state index contributed by atoms with van der Waals surface area (Å²) in [5, 5.41) is 8.58. The number of anilines is 1. The molecule has 0 saturated carbocycles. The van der Waals surface area contributed by atoms with E-state index in [2.05, 4.69) is 31.3 Å². The maximum Gasteiger partial charge on any atom is 0.283 e. The van der Waals surface area contributed by atoms with Crippen molar-refractivity contribution < 1.29 is 4.42 Å². The van der Waals surface area contributed by atoms with Crippen molar-refractivity contribution in [2.24, 2.45) is 0 Å². The lowest BCUT2D eigenvalue weighted by molar-refractivity contribution is 0.518. The molecule has 110 valence electrons. The van der Waals surface area contributed by atoms with Crippen LogP contribution in [0.3, 0.4) is 0 Å². The predicted molar refractivity (Wildman–Crippen MR) is 88.4 cm³/mol. The Balaban J connectivity index is 1.78. The quantitative estimate of drug-likeness (QED) is 0.593. The maximum absolute atomic E-state index is 12.5. The molecule has 0 radical (unpaired) electrons. The van der Waals surface area contributed by atoms with E-state index < -0.39 is 0 Å². The lowest BCUT2D eigenvalue weighted by atomic mass is 10.2.